The Morgan fingerprint density at radius 2 is 1.97 bits per heavy atom. The van der Waals surface area contributed by atoms with Gasteiger partial charge in [-0.25, -0.2) is 9.07 Å². The number of para-hydroxylation sites is 1. The van der Waals surface area contributed by atoms with Gasteiger partial charge in [-0.3, -0.25) is 9.59 Å². The van der Waals surface area contributed by atoms with E-state index in [4.69, 9.17) is 0 Å². The van der Waals surface area contributed by atoms with Gasteiger partial charge in [0.25, 0.3) is 0 Å². The predicted molar refractivity (Wildman–Crippen MR) is 124 cm³/mol. The number of nitrogens with zero attached hydrogens (tertiary/aromatic N) is 3. The van der Waals surface area contributed by atoms with E-state index in [1.165, 1.54) is 23.1 Å². The second-order valence-corrected chi connectivity index (χ2v) is 8.47. The Morgan fingerprint density at radius 1 is 1.22 bits per heavy atom. The number of carbonyl (C=O) groups excluding carboxylic acids is 2. The molecule has 1 aromatic heterocycles. The molecule has 3 aromatic rings. The number of halogens is 2. The van der Waals surface area contributed by atoms with E-state index in [1.807, 2.05) is 44.2 Å². The maximum absolute atomic E-state index is 14.1. The lowest BCUT2D eigenvalue weighted by atomic mass is 10.00. The third-order valence-electron chi connectivity index (χ3n) is 5.48. The molecule has 1 fully saturated rings. The molecule has 4 rings (SSSR count). The number of amides is 2. The molecule has 1 N–H and O–H groups in total. The highest BCUT2D eigenvalue weighted by Gasteiger charge is 2.37. The molecule has 1 unspecified atom stereocenters. The second-order valence-electron chi connectivity index (χ2n) is 7.56. The largest absolute Gasteiger partial charge is 0.352 e. The van der Waals surface area contributed by atoms with Crippen LogP contribution in [0.1, 0.15) is 28.6 Å². The Labute approximate surface area is 193 Å². The van der Waals surface area contributed by atoms with Crippen LogP contribution in [0.25, 0.3) is 11.8 Å². The number of rotatable bonds is 4. The molecule has 0 aliphatic carbocycles. The first-order chi connectivity index (χ1) is 15.4. The van der Waals surface area contributed by atoms with E-state index in [1.54, 1.807) is 16.8 Å². The first kappa shape index (κ1) is 22.0. The summed E-state index contributed by atoms with van der Waals surface area (Å²) in [5.74, 6) is -1.05. The molecule has 2 heterocycles. The standard InChI is InChI=1S/C24H22BrFN4O2/c1-15-22(16(2)30(28-15)19-6-4-3-5-7-19)23-24(32)27-12-13-29(23)21(31)11-8-17-14-18(25)9-10-20(17)26/h3-11,14,23H,12-13H2,1-2H3,(H,27,32)/b11-8+. The third-order valence-corrected chi connectivity index (χ3v) is 5.97. The molecule has 164 valence electrons. The summed E-state index contributed by atoms with van der Waals surface area (Å²) >= 11 is 3.31. The molecule has 1 aliphatic heterocycles. The van der Waals surface area contributed by atoms with Crippen molar-refractivity contribution in [3.63, 3.8) is 0 Å². The maximum atomic E-state index is 14.1. The molecule has 6 nitrogen and oxygen atoms in total. The molecule has 2 aromatic carbocycles. The van der Waals surface area contributed by atoms with Gasteiger partial charge in [0.2, 0.25) is 11.8 Å². The predicted octanol–water partition coefficient (Wildman–Crippen LogP) is 4.10. The van der Waals surface area contributed by atoms with Crippen LogP contribution in [0.3, 0.4) is 0 Å². The highest BCUT2D eigenvalue weighted by Crippen LogP contribution is 2.30. The third kappa shape index (κ3) is 4.23. The van der Waals surface area contributed by atoms with Gasteiger partial charge in [-0.1, -0.05) is 34.1 Å². The molecular weight excluding hydrogens is 475 g/mol. The minimum absolute atomic E-state index is 0.259. The summed E-state index contributed by atoms with van der Waals surface area (Å²) in [4.78, 5) is 27.5. The number of carbonyl (C=O) groups is 2. The van der Waals surface area contributed by atoms with Gasteiger partial charge in [-0.15, -0.1) is 0 Å². The fraction of sp³-hybridized carbons (Fsp3) is 0.208. The van der Waals surface area contributed by atoms with E-state index in [9.17, 15) is 14.0 Å². The summed E-state index contributed by atoms with van der Waals surface area (Å²) in [6.07, 6.45) is 2.74. The lowest BCUT2D eigenvalue weighted by Gasteiger charge is -2.34. The van der Waals surface area contributed by atoms with Gasteiger partial charge in [0, 0.05) is 40.5 Å². The molecule has 0 bridgehead atoms. The first-order valence-electron chi connectivity index (χ1n) is 10.2. The van der Waals surface area contributed by atoms with Crippen molar-refractivity contribution in [3.05, 3.63) is 87.4 Å². The molecule has 8 heteroatoms. The molecule has 1 saturated heterocycles. The van der Waals surface area contributed by atoms with Gasteiger partial charge in [0.05, 0.1) is 11.4 Å². The van der Waals surface area contributed by atoms with Crippen molar-refractivity contribution in [1.82, 2.24) is 20.0 Å². The van der Waals surface area contributed by atoms with E-state index >= 15 is 0 Å². The van der Waals surface area contributed by atoms with Crippen molar-refractivity contribution < 1.29 is 14.0 Å². The van der Waals surface area contributed by atoms with Crippen LogP contribution in [0.2, 0.25) is 0 Å². The van der Waals surface area contributed by atoms with E-state index in [0.717, 1.165) is 11.4 Å². The number of aryl methyl sites for hydroxylation is 1. The fourth-order valence-corrected chi connectivity index (χ4v) is 4.34. The highest BCUT2D eigenvalue weighted by atomic mass is 79.9. The second kappa shape index (κ2) is 9.08. The zero-order chi connectivity index (χ0) is 22.8. The average Bonchev–Trinajstić information content (AvgIpc) is 3.08. The summed E-state index contributed by atoms with van der Waals surface area (Å²) in [7, 11) is 0. The molecule has 1 aliphatic rings. The lowest BCUT2D eigenvalue weighted by Crippen LogP contribution is -2.52. The number of piperazine rings is 1. The summed E-state index contributed by atoms with van der Waals surface area (Å²) in [6.45, 7) is 4.42. The summed E-state index contributed by atoms with van der Waals surface area (Å²) in [5, 5.41) is 7.47. The van der Waals surface area contributed by atoms with E-state index in [0.29, 0.717) is 28.8 Å². The van der Waals surface area contributed by atoms with Crippen LogP contribution in [-0.2, 0) is 9.59 Å². The van der Waals surface area contributed by atoms with Crippen molar-refractivity contribution in [2.24, 2.45) is 0 Å². The van der Waals surface area contributed by atoms with Crippen LogP contribution in [0.5, 0.6) is 0 Å². The topological polar surface area (TPSA) is 67.2 Å². The van der Waals surface area contributed by atoms with Gasteiger partial charge in [-0.2, -0.15) is 5.10 Å². The van der Waals surface area contributed by atoms with Crippen molar-refractivity contribution in [1.29, 1.82) is 0 Å². The SMILES string of the molecule is Cc1nn(-c2ccccc2)c(C)c1C1C(=O)NCCN1C(=O)/C=C/c1cc(Br)ccc1F. The van der Waals surface area contributed by atoms with E-state index < -0.39 is 11.9 Å². The van der Waals surface area contributed by atoms with Gasteiger partial charge >= 0.3 is 0 Å². The minimum Gasteiger partial charge on any atom is -0.352 e. The number of hydrogen-bond donors (Lipinski definition) is 1. The zero-order valence-corrected chi connectivity index (χ0v) is 19.3. The van der Waals surface area contributed by atoms with E-state index in [-0.39, 0.29) is 17.4 Å². The Morgan fingerprint density at radius 3 is 2.72 bits per heavy atom. The normalized spacial score (nSPS) is 16.4. The minimum atomic E-state index is -0.814. The smallest absolute Gasteiger partial charge is 0.247 e. The lowest BCUT2D eigenvalue weighted by molar-refractivity contribution is -0.140. The molecule has 1 atom stereocenters. The Bertz CT molecular complexity index is 1210. The van der Waals surface area contributed by atoms with Crippen LogP contribution in [0.15, 0.2) is 59.1 Å². The molecule has 2 amide bonds. The molecule has 0 saturated carbocycles. The van der Waals surface area contributed by atoms with Crippen LogP contribution in [0, 0.1) is 19.7 Å². The van der Waals surface area contributed by atoms with Crippen molar-refractivity contribution in [2.45, 2.75) is 19.9 Å². The number of hydrogen-bond acceptors (Lipinski definition) is 3. The number of benzene rings is 2. The average molecular weight is 497 g/mol. The van der Waals surface area contributed by atoms with Crippen LogP contribution >= 0.6 is 15.9 Å². The molecule has 0 spiro atoms. The zero-order valence-electron chi connectivity index (χ0n) is 17.7. The van der Waals surface area contributed by atoms with Crippen molar-refractivity contribution in [2.75, 3.05) is 13.1 Å². The first-order valence-corrected chi connectivity index (χ1v) is 11.0. The van der Waals surface area contributed by atoms with Gasteiger partial charge in [0.1, 0.15) is 11.9 Å². The maximum Gasteiger partial charge on any atom is 0.247 e. The summed E-state index contributed by atoms with van der Waals surface area (Å²) in [6, 6.07) is 13.3. The van der Waals surface area contributed by atoms with Crippen LogP contribution < -0.4 is 5.32 Å². The Hall–Kier alpha value is -3.26. The van der Waals surface area contributed by atoms with Gasteiger partial charge < -0.3 is 10.2 Å². The molecule has 32 heavy (non-hydrogen) atoms. The van der Waals surface area contributed by atoms with Crippen molar-refractivity contribution in [3.8, 4) is 5.69 Å². The summed E-state index contributed by atoms with van der Waals surface area (Å²) < 4.78 is 16.6. The number of aromatic nitrogens is 2. The quantitative estimate of drug-likeness (QED) is 0.552. The number of nitrogens with one attached hydrogen (secondary N) is 1. The van der Waals surface area contributed by atoms with Crippen molar-refractivity contribution >= 4 is 33.8 Å². The highest BCUT2D eigenvalue weighted by molar-refractivity contribution is 9.10. The molecule has 0 radical (unpaired) electrons. The fourth-order valence-electron chi connectivity index (χ4n) is 3.96. The van der Waals surface area contributed by atoms with E-state index in [2.05, 4.69) is 26.3 Å². The Balaban J connectivity index is 1.69. The van der Waals surface area contributed by atoms with Crippen LogP contribution in [-0.4, -0.2) is 39.6 Å². The molecular formula is C24H22BrFN4O2. The Kier molecular flexibility index (Phi) is 6.23. The van der Waals surface area contributed by atoms with Gasteiger partial charge in [-0.05, 0) is 50.3 Å². The van der Waals surface area contributed by atoms with Gasteiger partial charge in [0.15, 0.2) is 0 Å². The summed E-state index contributed by atoms with van der Waals surface area (Å²) in [5.41, 5.74) is 3.32. The van der Waals surface area contributed by atoms with Crippen LogP contribution in [0.4, 0.5) is 4.39 Å². The monoisotopic (exact) mass is 496 g/mol.